The molecule has 1 heterocycles. The molecule has 1 atom stereocenters. The van der Waals surface area contributed by atoms with Crippen LogP contribution in [-0.4, -0.2) is 32.9 Å². The first-order valence-electron chi connectivity index (χ1n) is 7.36. The number of hydrogen-bond donors (Lipinski definition) is 0. The Morgan fingerprint density at radius 3 is 2.59 bits per heavy atom. The highest BCUT2D eigenvalue weighted by atomic mass is 32.2. The molecule has 0 saturated heterocycles. The third-order valence-electron chi connectivity index (χ3n) is 3.77. The Morgan fingerprint density at radius 2 is 2.00 bits per heavy atom. The van der Waals surface area contributed by atoms with E-state index in [0.29, 0.717) is 11.6 Å². The van der Waals surface area contributed by atoms with E-state index in [4.69, 9.17) is 4.74 Å². The van der Waals surface area contributed by atoms with Crippen LogP contribution in [0.5, 0.6) is 5.75 Å². The lowest BCUT2D eigenvalue weighted by molar-refractivity contribution is 0.0994. The monoisotopic (exact) mass is 317 g/mol. The van der Waals surface area contributed by atoms with E-state index in [0.717, 1.165) is 16.7 Å². The van der Waals surface area contributed by atoms with Gasteiger partial charge in [-0.25, -0.2) is 0 Å². The fraction of sp³-hybridized carbons (Fsp3) is 0.438. The molecule has 0 bridgehead atoms. The van der Waals surface area contributed by atoms with Gasteiger partial charge in [0.1, 0.15) is 11.6 Å². The summed E-state index contributed by atoms with van der Waals surface area (Å²) in [6.07, 6.45) is 2.35. The van der Waals surface area contributed by atoms with Gasteiger partial charge in [0.05, 0.1) is 12.4 Å². The van der Waals surface area contributed by atoms with Crippen molar-refractivity contribution in [2.24, 2.45) is 0 Å². The number of ketones is 1. The first-order chi connectivity index (χ1) is 10.6. The van der Waals surface area contributed by atoms with Gasteiger partial charge in [-0.2, -0.15) is 0 Å². The zero-order valence-electron chi connectivity index (χ0n) is 12.9. The average molecular weight is 317 g/mol. The van der Waals surface area contributed by atoms with Gasteiger partial charge in [0.25, 0.3) is 0 Å². The number of rotatable bonds is 6. The molecule has 1 aliphatic rings. The van der Waals surface area contributed by atoms with Gasteiger partial charge in [0, 0.05) is 11.6 Å². The van der Waals surface area contributed by atoms with Crippen molar-refractivity contribution < 1.29 is 9.53 Å². The number of aryl methyl sites for hydroxylation is 1. The summed E-state index contributed by atoms with van der Waals surface area (Å²) in [5.74, 6) is 1.77. The van der Waals surface area contributed by atoms with Gasteiger partial charge in [-0.3, -0.25) is 4.79 Å². The molecule has 6 heteroatoms. The maximum atomic E-state index is 12.5. The minimum atomic E-state index is -0.200. The van der Waals surface area contributed by atoms with E-state index in [9.17, 15) is 4.79 Å². The molecule has 5 nitrogen and oxygen atoms in total. The molecule has 0 amide bonds. The Kier molecular flexibility index (Phi) is 4.20. The standard InChI is InChI=1S/C16H19N3O2S/c1-10(15(20)12-4-8-14(21-3)9-5-12)22-16-18-17-11(2)19(16)13-6-7-13/h4-5,8-10,13H,6-7H2,1-3H3/t10-/m0/s1. The van der Waals surface area contributed by atoms with Crippen LogP contribution < -0.4 is 4.74 Å². The van der Waals surface area contributed by atoms with Gasteiger partial charge in [-0.05, 0) is 51.0 Å². The van der Waals surface area contributed by atoms with Crippen LogP contribution in [0.15, 0.2) is 29.4 Å². The SMILES string of the molecule is COc1ccc(C(=O)[C@H](C)Sc2nnc(C)n2C2CC2)cc1. The normalized spacial score (nSPS) is 15.6. The molecule has 2 aromatic rings. The van der Waals surface area contributed by atoms with Crippen molar-refractivity contribution in [3.05, 3.63) is 35.7 Å². The number of benzene rings is 1. The summed E-state index contributed by atoms with van der Waals surface area (Å²) >= 11 is 1.48. The summed E-state index contributed by atoms with van der Waals surface area (Å²) in [5, 5.41) is 9.02. The second-order valence-electron chi connectivity index (χ2n) is 5.48. The number of thioether (sulfide) groups is 1. The minimum absolute atomic E-state index is 0.0932. The smallest absolute Gasteiger partial charge is 0.192 e. The minimum Gasteiger partial charge on any atom is -0.497 e. The number of aromatic nitrogens is 3. The Hall–Kier alpha value is -1.82. The highest BCUT2D eigenvalue weighted by Gasteiger charge is 2.30. The van der Waals surface area contributed by atoms with Gasteiger partial charge in [-0.1, -0.05) is 11.8 Å². The molecule has 0 radical (unpaired) electrons. The summed E-state index contributed by atoms with van der Waals surface area (Å²) < 4.78 is 7.27. The van der Waals surface area contributed by atoms with E-state index in [-0.39, 0.29) is 11.0 Å². The van der Waals surface area contributed by atoms with Gasteiger partial charge >= 0.3 is 0 Å². The highest BCUT2D eigenvalue weighted by Crippen LogP contribution is 2.39. The third kappa shape index (κ3) is 3.02. The summed E-state index contributed by atoms with van der Waals surface area (Å²) in [6, 6.07) is 7.73. The van der Waals surface area contributed by atoms with Crippen LogP contribution in [0.2, 0.25) is 0 Å². The maximum absolute atomic E-state index is 12.5. The molecule has 0 spiro atoms. The second kappa shape index (κ2) is 6.12. The molecular weight excluding hydrogens is 298 g/mol. The largest absolute Gasteiger partial charge is 0.497 e. The van der Waals surface area contributed by atoms with Crippen molar-refractivity contribution in [1.82, 2.24) is 14.8 Å². The fourth-order valence-corrected chi connectivity index (χ4v) is 3.43. The van der Waals surface area contributed by atoms with E-state index < -0.39 is 0 Å². The molecule has 0 unspecified atom stereocenters. The molecule has 0 N–H and O–H groups in total. The lowest BCUT2D eigenvalue weighted by Gasteiger charge is -2.12. The Labute approximate surface area is 134 Å². The van der Waals surface area contributed by atoms with Crippen LogP contribution in [0.25, 0.3) is 0 Å². The molecule has 116 valence electrons. The summed E-state index contributed by atoms with van der Waals surface area (Å²) in [5.41, 5.74) is 0.690. The Bertz CT molecular complexity index is 677. The second-order valence-corrected chi connectivity index (χ2v) is 6.79. The van der Waals surface area contributed by atoms with Crippen LogP contribution in [0.3, 0.4) is 0 Å². The van der Waals surface area contributed by atoms with Crippen LogP contribution >= 0.6 is 11.8 Å². The molecule has 22 heavy (non-hydrogen) atoms. The molecule has 1 fully saturated rings. The van der Waals surface area contributed by atoms with E-state index in [1.54, 1.807) is 19.2 Å². The molecule has 3 rings (SSSR count). The molecule has 0 aliphatic heterocycles. The van der Waals surface area contributed by atoms with Gasteiger partial charge in [-0.15, -0.1) is 10.2 Å². The molecule has 1 aromatic carbocycles. The van der Waals surface area contributed by atoms with Crippen LogP contribution in [0.1, 0.15) is 42.0 Å². The molecule has 1 saturated carbocycles. The molecular formula is C16H19N3O2S. The van der Waals surface area contributed by atoms with Crippen LogP contribution in [0, 0.1) is 6.92 Å². The van der Waals surface area contributed by atoms with Crippen molar-refractivity contribution >= 4 is 17.5 Å². The van der Waals surface area contributed by atoms with E-state index in [1.165, 1.54) is 24.6 Å². The summed E-state index contributed by atoms with van der Waals surface area (Å²) in [7, 11) is 1.61. The molecule has 1 aliphatic carbocycles. The molecule has 1 aromatic heterocycles. The highest BCUT2D eigenvalue weighted by molar-refractivity contribution is 8.00. The number of carbonyl (C=O) groups excluding carboxylic acids is 1. The lowest BCUT2D eigenvalue weighted by atomic mass is 10.1. The first kappa shape index (κ1) is 15.1. The van der Waals surface area contributed by atoms with Crippen molar-refractivity contribution in [2.45, 2.75) is 43.1 Å². The van der Waals surface area contributed by atoms with E-state index >= 15 is 0 Å². The van der Waals surface area contributed by atoms with Crippen LogP contribution in [0.4, 0.5) is 0 Å². The average Bonchev–Trinajstić information content (AvgIpc) is 3.31. The van der Waals surface area contributed by atoms with Gasteiger partial charge in [0.15, 0.2) is 10.9 Å². The van der Waals surface area contributed by atoms with Crippen molar-refractivity contribution in [3.8, 4) is 5.75 Å². The van der Waals surface area contributed by atoms with Crippen LogP contribution in [-0.2, 0) is 0 Å². The fourth-order valence-electron chi connectivity index (χ4n) is 2.39. The summed E-state index contributed by atoms with van der Waals surface area (Å²) in [6.45, 7) is 3.88. The number of carbonyl (C=O) groups is 1. The van der Waals surface area contributed by atoms with Crippen molar-refractivity contribution in [3.63, 3.8) is 0 Å². The topological polar surface area (TPSA) is 57.0 Å². The zero-order valence-corrected chi connectivity index (χ0v) is 13.8. The number of hydrogen-bond acceptors (Lipinski definition) is 5. The van der Waals surface area contributed by atoms with Gasteiger partial charge < -0.3 is 9.30 Å². The maximum Gasteiger partial charge on any atom is 0.192 e. The Balaban J connectivity index is 1.73. The number of Topliss-reactive ketones (excluding diaryl/α,β-unsaturated/α-hetero) is 1. The quantitative estimate of drug-likeness (QED) is 0.604. The number of methoxy groups -OCH3 is 1. The first-order valence-corrected chi connectivity index (χ1v) is 8.24. The van der Waals surface area contributed by atoms with E-state index in [2.05, 4.69) is 14.8 Å². The Morgan fingerprint density at radius 1 is 1.32 bits per heavy atom. The predicted octanol–water partition coefficient (Wildman–Crippen LogP) is 3.29. The van der Waals surface area contributed by atoms with Crippen molar-refractivity contribution in [1.29, 1.82) is 0 Å². The predicted molar refractivity (Wildman–Crippen MR) is 85.7 cm³/mol. The number of ether oxygens (including phenoxy) is 1. The van der Waals surface area contributed by atoms with Crippen molar-refractivity contribution in [2.75, 3.05) is 7.11 Å². The zero-order chi connectivity index (χ0) is 15.7. The lowest BCUT2D eigenvalue weighted by Crippen LogP contribution is -2.14. The number of nitrogens with zero attached hydrogens (tertiary/aromatic N) is 3. The van der Waals surface area contributed by atoms with E-state index in [1.807, 2.05) is 26.0 Å². The third-order valence-corrected chi connectivity index (χ3v) is 4.83. The summed E-state index contributed by atoms with van der Waals surface area (Å²) in [4.78, 5) is 12.5. The van der Waals surface area contributed by atoms with Gasteiger partial charge in [0.2, 0.25) is 0 Å².